The number of nitrogen functional groups attached to an aromatic ring is 1. The molecule has 0 saturated carbocycles. The van der Waals surface area contributed by atoms with Crippen LogP contribution in [0.4, 0.5) is 10.1 Å². The monoisotopic (exact) mass is 301 g/mol. The van der Waals surface area contributed by atoms with Crippen molar-refractivity contribution in [3.63, 3.8) is 0 Å². The number of hydrogen-bond donors (Lipinski definition) is 1. The molecular weight excluding hydrogens is 281 g/mol. The molecule has 20 heavy (non-hydrogen) atoms. The lowest BCUT2D eigenvalue weighted by Crippen LogP contribution is -2.45. The molecule has 0 bridgehead atoms. The van der Waals surface area contributed by atoms with Gasteiger partial charge in [-0.25, -0.2) is 12.8 Å². The van der Waals surface area contributed by atoms with Crippen molar-refractivity contribution < 1.29 is 12.8 Å². The van der Waals surface area contributed by atoms with Gasteiger partial charge >= 0.3 is 0 Å². The zero-order chi connectivity index (χ0) is 14.8. The van der Waals surface area contributed by atoms with Gasteiger partial charge in [-0.1, -0.05) is 0 Å². The van der Waals surface area contributed by atoms with Gasteiger partial charge in [-0.2, -0.15) is 0 Å². The fourth-order valence-electron chi connectivity index (χ4n) is 2.20. The molecule has 1 heterocycles. The minimum Gasteiger partial charge on any atom is -0.399 e. The molecule has 1 aliphatic heterocycles. The Morgan fingerprint density at radius 3 is 2.50 bits per heavy atom. The third-order valence-electron chi connectivity index (χ3n) is 3.56. The molecule has 112 valence electrons. The van der Waals surface area contributed by atoms with Crippen molar-refractivity contribution in [2.45, 2.75) is 4.90 Å². The number of hydrogen-bond acceptors (Lipinski definition) is 5. The summed E-state index contributed by atoms with van der Waals surface area (Å²) in [5.74, 6) is -0.847. The van der Waals surface area contributed by atoms with E-state index < -0.39 is 15.7 Å². The van der Waals surface area contributed by atoms with Crippen molar-refractivity contribution in [2.75, 3.05) is 51.3 Å². The molecule has 5 nitrogen and oxygen atoms in total. The van der Waals surface area contributed by atoms with Crippen molar-refractivity contribution in [3.8, 4) is 0 Å². The Morgan fingerprint density at radius 1 is 1.25 bits per heavy atom. The van der Waals surface area contributed by atoms with Crippen LogP contribution in [-0.2, 0) is 9.84 Å². The Bertz CT molecular complexity index is 569. The summed E-state index contributed by atoms with van der Waals surface area (Å²) >= 11 is 0. The van der Waals surface area contributed by atoms with Gasteiger partial charge in [0.15, 0.2) is 9.84 Å². The van der Waals surface area contributed by atoms with E-state index in [9.17, 15) is 12.8 Å². The van der Waals surface area contributed by atoms with Crippen molar-refractivity contribution in [2.24, 2.45) is 0 Å². The summed E-state index contributed by atoms with van der Waals surface area (Å²) in [5.41, 5.74) is 5.65. The Kier molecular flexibility index (Phi) is 4.62. The summed E-state index contributed by atoms with van der Waals surface area (Å²) < 4.78 is 38.0. The Morgan fingerprint density at radius 2 is 1.90 bits per heavy atom. The van der Waals surface area contributed by atoms with Crippen LogP contribution in [0, 0.1) is 5.82 Å². The quantitative estimate of drug-likeness (QED) is 0.817. The minimum atomic E-state index is -3.61. The topological polar surface area (TPSA) is 66.6 Å². The second kappa shape index (κ2) is 6.07. The molecule has 7 heteroatoms. The van der Waals surface area contributed by atoms with Gasteiger partial charge in [0.25, 0.3) is 0 Å². The normalized spacial score (nSPS) is 18.3. The molecule has 0 aliphatic carbocycles. The molecule has 0 spiro atoms. The average molecular weight is 301 g/mol. The van der Waals surface area contributed by atoms with Crippen molar-refractivity contribution in [1.82, 2.24) is 9.80 Å². The van der Waals surface area contributed by atoms with Gasteiger partial charge < -0.3 is 10.6 Å². The van der Waals surface area contributed by atoms with Crippen LogP contribution in [0.5, 0.6) is 0 Å². The lowest BCUT2D eigenvalue weighted by atomic mass is 10.3. The van der Waals surface area contributed by atoms with Gasteiger partial charge in [-0.15, -0.1) is 0 Å². The van der Waals surface area contributed by atoms with Gasteiger partial charge in [-0.3, -0.25) is 4.90 Å². The van der Waals surface area contributed by atoms with E-state index in [4.69, 9.17) is 5.73 Å². The highest BCUT2D eigenvalue weighted by molar-refractivity contribution is 7.91. The molecule has 2 N–H and O–H groups in total. The van der Waals surface area contributed by atoms with Gasteiger partial charge in [0.05, 0.1) is 5.75 Å². The van der Waals surface area contributed by atoms with Crippen LogP contribution in [0.3, 0.4) is 0 Å². The first-order valence-electron chi connectivity index (χ1n) is 6.57. The third kappa shape index (κ3) is 3.68. The second-order valence-corrected chi connectivity index (χ2v) is 7.23. The highest BCUT2D eigenvalue weighted by Gasteiger charge is 2.22. The van der Waals surface area contributed by atoms with Gasteiger partial charge in [-0.05, 0) is 25.2 Å². The van der Waals surface area contributed by atoms with Gasteiger partial charge in [0, 0.05) is 38.4 Å². The zero-order valence-corrected chi connectivity index (χ0v) is 12.4. The average Bonchev–Trinajstić information content (AvgIpc) is 2.37. The third-order valence-corrected chi connectivity index (χ3v) is 5.28. The number of likely N-dealkylation sites (N-methyl/N-ethyl adjacent to an activating group) is 1. The lowest BCUT2D eigenvalue weighted by molar-refractivity contribution is 0.161. The fourth-order valence-corrected chi connectivity index (χ4v) is 3.55. The number of rotatable bonds is 4. The Balaban J connectivity index is 2.00. The zero-order valence-electron chi connectivity index (χ0n) is 11.5. The Labute approximate surface area is 119 Å². The number of anilines is 1. The van der Waals surface area contributed by atoms with E-state index in [-0.39, 0.29) is 16.3 Å². The SMILES string of the molecule is CN1CCN(CCS(=O)(=O)c2ccc(N)cc2F)CC1. The molecule has 0 radical (unpaired) electrons. The molecule has 0 aromatic heterocycles. The van der Waals surface area contributed by atoms with Crippen LogP contribution in [0.25, 0.3) is 0 Å². The summed E-state index contributed by atoms with van der Waals surface area (Å²) in [6.07, 6.45) is 0. The van der Waals surface area contributed by atoms with E-state index in [0.29, 0.717) is 6.54 Å². The number of halogens is 1. The molecule has 0 atom stereocenters. The molecule has 1 aliphatic rings. The van der Waals surface area contributed by atoms with Crippen LogP contribution < -0.4 is 5.73 Å². The summed E-state index contributed by atoms with van der Waals surface area (Å²) in [5, 5.41) is 0. The predicted molar refractivity (Wildman–Crippen MR) is 76.8 cm³/mol. The molecule has 0 amide bonds. The summed E-state index contributed by atoms with van der Waals surface area (Å²) in [7, 11) is -1.57. The largest absolute Gasteiger partial charge is 0.399 e. The van der Waals surface area contributed by atoms with Gasteiger partial charge in [0.1, 0.15) is 10.7 Å². The van der Waals surface area contributed by atoms with E-state index in [2.05, 4.69) is 9.80 Å². The minimum absolute atomic E-state index is 0.0719. The summed E-state index contributed by atoms with van der Waals surface area (Å²) in [6.45, 7) is 3.97. The fraction of sp³-hybridized carbons (Fsp3) is 0.538. The van der Waals surface area contributed by atoms with Crippen LogP contribution in [0.15, 0.2) is 23.1 Å². The van der Waals surface area contributed by atoms with E-state index in [0.717, 1.165) is 32.2 Å². The molecule has 0 unspecified atom stereocenters. The Hall–Kier alpha value is -1.18. The smallest absolute Gasteiger partial charge is 0.182 e. The maximum Gasteiger partial charge on any atom is 0.182 e. The first-order chi connectivity index (χ1) is 9.38. The number of nitrogens with two attached hydrogens (primary N) is 1. The molecule has 1 aromatic rings. The number of benzene rings is 1. The standard InChI is InChI=1S/C13H20FN3O2S/c1-16-4-6-17(7-5-16)8-9-20(18,19)13-3-2-11(15)10-12(13)14/h2-3,10H,4-9,15H2,1H3. The number of piperazine rings is 1. The van der Waals surface area contributed by atoms with E-state index >= 15 is 0 Å². The van der Waals surface area contributed by atoms with Gasteiger partial charge in [0.2, 0.25) is 0 Å². The second-order valence-electron chi connectivity index (χ2n) is 5.15. The molecule has 2 rings (SSSR count). The summed E-state index contributed by atoms with van der Waals surface area (Å²) in [4.78, 5) is 4.03. The maximum atomic E-state index is 13.7. The first kappa shape index (κ1) is 15.2. The highest BCUT2D eigenvalue weighted by atomic mass is 32.2. The van der Waals surface area contributed by atoms with Crippen LogP contribution in [0.1, 0.15) is 0 Å². The number of nitrogens with zero attached hydrogens (tertiary/aromatic N) is 2. The molecule has 1 fully saturated rings. The molecule has 1 aromatic carbocycles. The van der Waals surface area contributed by atoms with Crippen LogP contribution in [-0.4, -0.2) is 63.7 Å². The van der Waals surface area contributed by atoms with E-state index in [1.807, 2.05) is 7.05 Å². The predicted octanol–water partition coefficient (Wildman–Crippen LogP) is 0.429. The van der Waals surface area contributed by atoms with Crippen molar-refractivity contribution in [1.29, 1.82) is 0 Å². The molecular formula is C13H20FN3O2S. The van der Waals surface area contributed by atoms with E-state index in [1.54, 1.807) is 0 Å². The van der Waals surface area contributed by atoms with E-state index in [1.165, 1.54) is 12.1 Å². The van der Waals surface area contributed by atoms with Crippen molar-refractivity contribution in [3.05, 3.63) is 24.0 Å². The van der Waals surface area contributed by atoms with Crippen LogP contribution >= 0.6 is 0 Å². The summed E-state index contributed by atoms with van der Waals surface area (Å²) in [6, 6.07) is 3.69. The lowest BCUT2D eigenvalue weighted by Gasteiger charge is -2.32. The molecule has 1 saturated heterocycles. The first-order valence-corrected chi connectivity index (χ1v) is 8.22. The maximum absolute atomic E-state index is 13.7. The number of sulfone groups is 1. The van der Waals surface area contributed by atoms with Crippen molar-refractivity contribution >= 4 is 15.5 Å². The highest BCUT2D eigenvalue weighted by Crippen LogP contribution is 2.18. The van der Waals surface area contributed by atoms with Crippen LogP contribution in [0.2, 0.25) is 0 Å².